The topological polar surface area (TPSA) is 0 Å². The second-order valence-electron chi connectivity index (χ2n) is 4.33. The van der Waals surface area contributed by atoms with E-state index in [9.17, 15) is 0 Å². The summed E-state index contributed by atoms with van der Waals surface area (Å²) < 4.78 is 0. The molecule has 1 unspecified atom stereocenters. The van der Waals surface area contributed by atoms with Crippen molar-refractivity contribution in [3.63, 3.8) is 0 Å². The first kappa shape index (κ1) is 11.2. The smallest absolute Gasteiger partial charge is 0.0170 e. The van der Waals surface area contributed by atoms with E-state index in [2.05, 4.69) is 46.8 Å². The summed E-state index contributed by atoms with van der Waals surface area (Å²) >= 11 is 0. The molecule has 0 aliphatic carbocycles. The van der Waals surface area contributed by atoms with Gasteiger partial charge >= 0.3 is 0 Å². The first-order valence-electron chi connectivity index (χ1n) is 4.33. The van der Waals surface area contributed by atoms with Gasteiger partial charge in [0.2, 0.25) is 0 Å². The Kier molecular flexibility index (Phi) is 5.01. The van der Waals surface area contributed by atoms with Gasteiger partial charge in [0.1, 0.15) is 0 Å². The highest BCUT2D eigenvalue weighted by Crippen LogP contribution is 2.20. The number of allylic oxidation sites excluding steroid dienone is 2. The third kappa shape index (κ3) is 10.2. The van der Waals surface area contributed by atoms with Gasteiger partial charge in [0.15, 0.2) is 0 Å². The fourth-order valence-corrected chi connectivity index (χ4v) is 1.44. The molecule has 11 heavy (non-hydrogen) atoms. The Labute approximate surface area is 73.2 Å². The molecular formula is C10H21P. The van der Waals surface area contributed by atoms with Gasteiger partial charge in [-0.15, -0.1) is 8.58 Å². The molecule has 0 aromatic carbocycles. The molecule has 0 nitrogen and oxygen atoms in total. The predicted octanol–water partition coefficient (Wildman–Crippen LogP) is 3.68. The van der Waals surface area contributed by atoms with Gasteiger partial charge < -0.3 is 0 Å². The average Bonchev–Trinajstić information content (AvgIpc) is 1.78. The van der Waals surface area contributed by atoms with E-state index in [-0.39, 0.29) is 0 Å². The van der Waals surface area contributed by atoms with E-state index in [4.69, 9.17) is 0 Å². The molecule has 1 atom stereocenters. The lowest BCUT2D eigenvalue weighted by Crippen LogP contribution is -1.98. The largest absolute Gasteiger partial charge is 0.116 e. The Morgan fingerprint density at radius 1 is 1.27 bits per heavy atom. The lowest BCUT2D eigenvalue weighted by atomic mass is 9.97. The molecule has 0 aliphatic heterocycles. The van der Waals surface area contributed by atoms with Crippen LogP contribution in [0, 0.1) is 5.41 Å². The van der Waals surface area contributed by atoms with Gasteiger partial charge in [-0.25, -0.2) is 0 Å². The van der Waals surface area contributed by atoms with Crippen LogP contribution in [0.1, 0.15) is 34.6 Å². The van der Waals surface area contributed by atoms with Crippen molar-refractivity contribution in [3.05, 3.63) is 12.2 Å². The maximum absolute atomic E-state index is 2.32. The molecule has 0 rings (SSSR count). The summed E-state index contributed by atoms with van der Waals surface area (Å²) in [6.07, 6.45) is 5.88. The quantitative estimate of drug-likeness (QED) is 0.450. The summed E-state index contributed by atoms with van der Waals surface area (Å²) in [5.41, 5.74) is 1.22. The summed E-state index contributed by atoms with van der Waals surface area (Å²) in [6, 6.07) is 0. The van der Waals surface area contributed by atoms with Gasteiger partial charge in [0.25, 0.3) is 0 Å². The van der Waals surface area contributed by atoms with E-state index >= 15 is 0 Å². The van der Waals surface area contributed by atoms with Gasteiger partial charge in [0, 0.05) is 0 Å². The Bertz CT molecular complexity index is 117. The monoisotopic (exact) mass is 172 g/mol. The van der Waals surface area contributed by atoms with Crippen LogP contribution in [0.3, 0.4) is 0 Å². The normalized spacial score (nSPS) is 14.4. The number of hydrogen-bond acceptors (Lipinski definition) is 0. The van der Waals surface area contributed by atoms with Crippen molar-refractivity contribution in [1.82, 2.24) is 0 Å². The maximum Gasteiger partial charge on any atom is -0.0170 e. The molecule has 0 bridgehead atoms. The van der Waals surface area contributed by atoms with Crippen LogP contribution in [0.4, 0.5) is 0 Å². The van der Waals surface area contributed by atoms with Crippen LogP contribution >= 0.6 is 8.58 Å². The minimum absolute atomic E-state index is 0.363. The van der Waals surface area contributed by atoms with Crippen LogP contribution in [0.25, 0.3) is 0 Å². The molecule has 0 aromatic heterocycles. The van der Waals surface area contributed by atoms with Crippen molar-refractivity contribution in [1.29, 1.82) is 0 Å². The molecule has 0 saturated carbocycles. The molecule has 1 heteroatoms. The van der Waals surface area contributed by atoms with E-state index in [1.165, 1.54) is 6.16 Å². The van der Waals surface area contributed by atoms with Crippen LogP contribution in [0.15, 0.2) is 12.2 Å². The summed E-state index contributed by atoms with van der Waals surface area (Å²) in [5.74, 6) is 0. The van der Waals surface area contributed by atoms with Crippen molar-refractivity contribution in [2.45, 2.75) is 40.3 Å². The zero-order chi connectivity index (χ0) is 8.91. The van der Waals surface area contributed by atoms with E-state index < -0.39 is 0 Å². The standard InChI is InChI=1S/C10H21P/c1-9(2)11-8-6-7-10(3,4)5/h6-7,9,11H,8H2,1-5H3/b7-6+. The highest BCUT2D eigenvalue weighted by atomic mass is 31.1. The number of rotatable bonds is 3. The van der Waals surface area contributed by atoms with Crippen molar-refractivity contribution in [2.24, 2.45) is 5.41 Å². The molecule has 0 radical (unpaired) electrons. The molecule has 0 aliphatic rings. The van der Waals surface area contributed by atoms with Crippen LogP contribution in [-0.4, -0.2) is 11.8 Å². The zero-order valence-electron chi connectivity index (χ0n) is 8.44. The van der Waals surface area contributed by atoms with Crippen LogP contribution in [0.5, 0.6) is 0 Å². The molecule has 0 saturated heterocycles. The van der Waals surface area contributed by atoms with Crippen molar-refractivity contribution in [2.75, 3.05) is 6.16 Å². The molecule has 0 N–H and O–H groups in total. The van der Waals surface area contributed by atoms with E-state index in [1.54, 1.807) is 0 Å². The molecule has 0 heterocycles. The lowest BCUT2D eigenvalue weighted by Gasteiger charge is -2.11. The number of hydrogen-bond donors (Lipinski definition) is 0. The van der Waals surface area contributed by atoms with E-state index in [0.29, 0.717) is 5.41 Å². The molecular weight excluding hydrogens is 151 g/mol. The minimum atomic E-state index is 0.363. The highest BCUT2D eigenvalue weighted by Gasteiger charge is 2.02. The van der Waals surface area contributed by atoms with E-state index in [1.807, 2.05) is 0 Å². The van der Waals surface area contributed by atoms with Gasteiger partial charge in [-0.3, -0.25) is 0 Å². The first-order chi connectivity index (χ1) is 4.92. The molecule has 0 amide bonds. The van der Waals surface area contributed by atoms with Crippen LogP contribution < -0.4 is 0 Å². The SMILES string of the molecule is CC(C)PC/C=C/C(C)(C)C. The second kappa shape index (κ2) is 4.93. The third-order valence-corrected chi connectivity index (χ3v) is 2.55. The highest BCUT2D eigenvalue weighted by molar-refractivity contribution is 7.39. The summed E-state index contributed by atoms with van der Waals surface area (Å²) in [6.45, 7) is 11.3. The van der Waals surface area contributed by atoms with E-state index in [0.717, 1.165) is 14.2 Å². The molecule has 0 fully saturated rings. The Balaban J connectivity index is 3.46. The van der Waals surface area contributed by atoms with Crippen LogP contribution in [0.2, 0.25) is 0 Å². The second-order valence-corrected chi connectivity index (χ2v) is 6.30. The minimum Gasteiger partial charge on any atom is -0.116 e. The van der Waals surface area contributed by atoms with Crippen molar-refractivity contribution < 1.29 is 0 Å². The fraction of sp³-hybridized carbons (Fsp3) is 0.800. The summed E-state index contributed by atoms with van der Waals surface area (Å²) in [5, 5.41) is 0. The van der Waals surface area contributed by atoms with Gasteiger partial charge in [-0.1, -0.05) is 46.8 Å². The van der Waals surface area contributed by atoms with Crippen molar-refractivity contribution >= 4 is 8.58 Å². The van der Waals surface area contributed by atoms with Crippen molar-refractivity contribution in [3.8, 4) is 0 Å². The van der Waals surface area contributed by atoms with Gasteiger partial charge in [0.05, 0.1) is 0 Å². The third-order valence-electron chi connectivity index (χ3n) is 1.26. The molecule has 0 aromatic rings. The van der Waals surface area contributed by atoms with Crippen LogP contribution in [-0.2, 0) is 0 Å². The van der Waals surface area contributed by atoms with Gasteiger partial charge in [-0.2, -0.15) is 0 Å². The predicted molar refractivity (Wildman–Crippen MR) is 56.9 cm³/mol. The van der Waals surface area contributed by atoms with Gasteiger partial charge in [-0.05, 0) is 17.2 Å². The Hall–Kier alpha value is 0.170. The molecule has 66 valence electrons. The Morgan fingerprint density at radius 3 is 2.18 bits per heavy atom. The summed E-state index contributed by atoms with van der Waals surface area (Å²) in [7, 11) is 1.09. The summed E-state index contributed by atoms with van der Waals surface area (Å²) in [4.78, 5) is 0. The lowest BCUT2D eigenvalue weighted by molar-refractivity contribution is 0.543. The average molecular weight is 172 g/mol. The zero-order valence-corrected chi connectivity index (χ0v) is 9.44. The Morgan fingerprint density at radius 2 is 1.82 bits per heavy atom. The first-order valence-corrected chi connectivity index (χ1v) is 5.61. The maximum atomic E-state index is 2.32. The fourth-order valence-electron chi connectivity index (χ4n) is 0.716. The molecule has 0 spiro atoms.